The number of sulfonamides is 2. The number of anilines is 2. The molecule has 1 saturated heterocycles. The molecule has 0 spiro atoms. The van der Waals surface area contributed by atoms with Gasteiger partial charge in [0.25, 0.3) is 10.0 Å². The molecule has 1 fully saturated rings. The van der Waals surface area contributed by atoms with E-state index in [4.69, 9.17) is 0 Å². The standard InChI is InChI=1S/C28H33N3O5S2/c1-20-8-13-27(22(3)18-20)30-38(35,36)26-11-9-25(10-12-26)29-28(32)23-14-16-31(17-15-23)37(33,34)19-24-7-5-4-6-21(24)2/h4-13,18,23,30H,14-17,19H2,1-3H3,(H,29,32). The summed E-state index contributed by atoms with van der Waals surface area (Å²) >= 11 is 0. The average Bonchev–Trinajstić information content (AvgIpc) is 2.87. The lowest BCUT2D eigenvalue weighted by Gasteiger charge is -2.30. The van der Waals surface area contributed by atoms with Crippen molar-refractivity contribution in [2.24, 2.45) is 5.92 Å². The van der Waals surface area contributed by atoms with Gasteiger partial charge < -0.3 is 5.32 Å². The number of aryl methyl sites for hydroxylation is 3. The van der Waals surface area contributed by atoms with Gasteiger partial charge in [0.2, 0.25) is 15.9 Å². The maximum Gasteiger partial charge on any atom is 0.261 e. The van der Waals surface area contributed by atoms with Crippen molar-refractivity contribution in [1.29, 1.82) is 0 Å². The monoisotopic (exact) mass is 555 g/mol. The molecule has 0 aromatic heterocycles. The van der Waals surface area contributed by atoms with Crippen molar-refractivity contribution >= 4 is 37.3 Å². The van der Waals surface area contributed by atoms with Crippen LogP contribution in [0, 0.1) is 26.7 Å². The molecule has 1 heterocycles. The summed E-state index contributed by atoms with van der Waals surface area (Å²) in [5.41, 5.74) is 4.58. The van der Waals surface area contributed by atoms with E-state index in [1.54, 1.807) is 18.2 Å². The molecule has 3 aromatic carbocycles. The third-order valence-corrected chi connectivity index (χ3v) is 10.1. The summed E-state index contributed by atoms with van der Waals surface area (Å²) in [5, 5.41) is 2.83. The average molecular weight is 556 g/mol. The van der Waals surface area contributed by atoms with E-state index in [0.717, 1.165) is 22.3 Å². The molecule has 8 nitrogen and oxygen atoms in total. The zero-order valence-corrected chi connectivity index (χ0v) is 23.4. The van der Waals surface area contributed by atoms with E-state index in [0.29, 0.717) is 24.2 Å². The summed E-state index contributed by atoms with van der Waals surface area (Å²) in [5.74, 6) is -0.580. The summed E-state index contributed by atoms with van der Waals surface area (Å²) in [6.45, 7) is 6.25. The number of nitrogens with one attached hydrogen (secondary N) is 2. The Bertz CT molecular complexity index is 1530. The molecule has 10 heteroatoms. The highest BCUT2D eigenvalue weighted by Crippen LogP contribution is 2.25. The van der Waals surface area contributed by atoms with Crippen LogP contribution in [-0.2, 0) is 30.6 Å². The van der Waals surface area contributed by atoms with Gasteiger partial charge in [0, 0.05) is 24.7 Å². The van der Waals surface area contributed by atoms with Gasteiger partial charge in [0.05, 0.1) is 16.3 Å². The molecule has 0 aliphatic carbocycles. The molecule has 0 atom stereocenters. The molecule has 3 aromatic rings. The fourth-order valence-corrected chi connectivity index (χ4v) is 7.35. The van der Waals surface area contributed by atoms with Crippen molar-refractivity contribution in [1.82, 2.24) is 4.31 Å². The van der Waals surface area contributed by atoms with Gasteiger partial charge in [-0.2, -0.15) is 0 Å². The van der Waals surface area contributed by atoms with Gasteiger partial charge in [-0.3, -0.25) is 9.52 Å². The molecular weight excluding hydrogens is 522 g/mol. The summed E-state index contributed by atoms with van der Waals surface area (Å²) < 4.78 is 55.5. The minimum absolute atomic E-state index is 0.0515. The highest BCUT2D eigenvalue weighted by Gasteiger charge is 2.31. The Labute approximate surface area is 225 Å². The Morgan fingerprint density at radius 3 is 2.16 bits per heavy atom. The van der Waals surface area contributed by atoms with Crippen LogP contribution in [0.25, 0.3) is 0 Å². The summed E-state index contributed by atoms with van der Waals surface area (Å²) in [7, 11) is -7.26. The van der Waals surface area contributed by atoms with Crippen LogP contribution < -0.4 is 10.0 Å². The number of hydrogen-bond donors (Lipinski definition) is 2. The highest BCUT2D eigenvalue weighted by atomic mass is 32.2. The Morgan fingerprint density at radius 2 is 1.53 bits per heavy atom. The quantitative estimate of drug-likeness (QED) is 0.422. The first-order valence-electron chi connectivity index (χ1n) is 12.5. The zero-order chi connectivity index (χ0) is 27.5. The molecule has 0 unspecified atom stereocenters. The molecule has 4 rings (SSSR count). The number of rotatable bonds is 8. The van der Waals surface area contributed by atoms with Crippen molar-refractivity contribution in [3.05, 3.63) is 89.0 Å². The molecule has 202 valence electrons. The Hall–Kier alpha value is -3.21. The third-order valence-electron chi connectivity index (χ3n) is 6.88. The number of benzene rings is 3. The van der Waals surface area contributed by atoms with E-state index in [1.165, 1.54) is 16.4 Å². The van der Waals surface area contributed by atoms with Gasteiger partial charge in [-0.05, 0) is 80.6 Å². The molecule has 2 N–H and O–H groups in total. The van der Waals surface area contributed by atoms with Gasteiger partial charge in [0.15, 0.2) is 0 Å². The van der Waals surface area contributed by atoms with E-state index in [9.17, 15) is 21.6 Å². The molecule has 38 heavy (non-hydrogen) atoms. The largest absolute Gasteiger partial charge is 0.326 e. The van der Waals surface area contributed by atoms with Crippen LogP contribution in [0.15, 0.2) is 71.6 Å². The molecule has 0 saturated carbocycles. The molecule has 1 aliphatic heterocycles. The first-order chi connectivity index (χ1) is 17.9. The number of carbonyl (C=O) groups is 1. The highest BCUT2D eigenvalue weighted by molar-refractivity contribution is 7.92. The van der Waals surface area contributed by atoms with Crippen LogP contribution in [0.3, 0.4) is 0 Å². The van der Waals surface area contributed by atoms with E-state index in [-0.39, 0.29) is 35.6 Å². The number of piperidine rings is 1. The maximum atomic E-state index is 12.9. The second-order valence-electron chi connectivity index (χ2n) is 9.79. The number of hydrogen-bond acceptors (Lipinski definition) is 5. The fraction of sp³-hybridized carbons (Fsp3) is 0.321. The summed E-state index contributed by atoms with van der Waals surface area (Å²) in [6.07, 6.45) is 0.843. The zero-order valence-electron chi connectivity index (χ0n) is 21.8. The van der Waals surface area contributed by atoms with E-state index in [1.807, 2.05) is 57.2 Å². The van der Waals surface area contributed by atoms with Gasteiger partial charge in [-0.15, -0.1) is 0 Å². The van der Waals surface area contributed by atoms with E-state index in [2.05, 4.69) is 10.0 Å². The molecule has 1 aliphatic rings. The molecular formula is C28H33N3O5S2. The van der Waals surface area contributed by atoms with Crippen LogP contribution in [0.2, 0.25) is 0 Å². The lowest BCUT2D eigenvalue weighted by Crippen LogP contribution is -2.41. The summed E-state index contributed by atoms with van der Waals surface area (Å²) in [6, 6.07) is 18.9. The lowest BCUT2D eigenvalue weighted by molar-refractivity contribution is -0.120. The first kappa shape index (κ1) is 27.8. The molecule has 1 amide bonds. The number of nitrogens with zero attached hydrogens (tertiary/aromatic N) is 1. The summed E-state index contributed by atoms with van der Waals surface area (Å²) in [4.78, 5) is 12.9. The van der Waals surface area contributed by atoms with Gasteiger partial charge >= 0.3 is 0 Å². The van der Waals surface area contributed by atoms with Crippen molar-refractivity contribution in [3.63, 3.8) is 0 Å². The fourth-order valence-electron chi connectivity index (χ4n) is 4.55. The first-order valence-corrected chi connectivity index (χ1v) is 15.6. The molecule has 0 bridgehead atoms. The molecule has 0 radical (unpaired) electrons. The minimum Gasteiger partial charge on any atom is -0.326 e. The van der Waals surface area contributed by atoms with Crippen molar-refractivity contribution in [2.75, 3.05) is 23.1 Å². The third kappa shape index (κ3) is 6.61. The van der Waals surface area contributed by atoms with Crippen molar-refractivity contribution in [3.8, 4) is 0 Å². The minimum atomic E-state index is -3.79. The van der Waals surface area contributed by atoms with Crippen molar-refractivity contribution in [2.45, 2.75) is 44.3 Å². The number of amides is 1. The predicted octanol–water partition coefficient (Wildman–Crippen LogP) is 4.59. The van der Waals surface area contributed by atoms with Gasteiger partial charge in [0.1, 0.15) is 0 Å². The van der Waals surface area contributed by atoms with E-state index >= 15 is 0 Å². The topological polar surface area (TPSA) is 113 Å². The smallest absolute Gasteiger partial charge is 0.261 e. The van der Waals surface area contributed by atoms with Crippen molar-refractivity contribution < 1.29 is 21.6 Å². The second kappa shape index (κ2) is 11.3. The Morgan fingerprint density at radius 1 is 0.868 bits per heavy atom. The maximum absolute atomic E-state index is 12.9. The van der Waals surface area contributed by atoms with Crippen LogP contribution in [-0.4, -0.2) is 40.1 Å². The SMILES string of the molecule is Cc1ccc(NS(=O)(=O)c2ccc(NC(=O)C3CCN(S(=O)(=O)Cc4ccccc4C)CC3)cc2)c(C)c1. The number of carbonyl (C=O) groups excluding carboxylic acids is 1. The van der Waals surface area contributed by atoms with Gasteiger partial charge in [-0.1, -0.05) is 42.0 Å². The lowest BCUT2D eigenvalue weighted by atomic mass is 9.97. The second-order valence-corrected chi connectivity index (χ2v) is 13.4. The van der Waals surface area contributed by atoms with Crippen LogP contribution in [0.1, 0.15) is 35.1 Å². The van der Waals surface area contributed by atoms with Crippen LogP contribution >= 0.6 is 0 Å². The Kier molecular flexibility index (Phi) is 8.25. The Balaban J connectivity index is 1.33. The predicted molar refractivity (Wildman–Crippen MR) is 150 cm³/mol. The van der Waals surface area contributed by atoms with Gasteiger partial charge in [-0.25, -0.2) is 21.1 Å². The normalized spacial score (nSPS) is 15.2. The van der Waals surface area contributed by atoms with Crippen LogP contribution in [0.4, 0.5) is 11.4 Å². The van der Waals surface area contributed by atoms with E-state index < -0.39 is 20.0 Å². The van der Waals surface area contributed by atoms with Crippen LogP contribution in [0.5, 0.6) is 0 Å².